The maximum atomic E-state index is 8.84. The Morgan fingerprint density at radius 3 is 2.57 bits per heavy atom. The van der Waals surface area contributed by atoms with Gasteiger partial charge in [-0.1, -0.05) is 36.4 Å². The van der Waals surface area contributed by atoms with Gasteiger partial charge in [-0.2, -0.15) is 5.26 Å². The lowest BCUT2D eigenvalue weighted by molar-refractivity contribution is 0.648. The number of nitrogens with two attached hydrogens (primary N) is 1. The molecule has 1 aromatic carbocycles. The number of benzene rings is 1. The number of hydrogen-bond acceptors (Lipinski definition) is 3. The van der Waals surface area contributed by atoms with Crippen LogP contribution in [0.1, 0.15) is 42.7 Å². The van der Waals surface area contributed by atoms with E-state index in [1.54, 1.807) is 0 Å². The largest absolute Gasteiger partial charge is 0.383 e. The molecule has 2 aliphatic rings. The van der Waals surface area contributed by atoms with Crippen LogP contribution in [0.15, 0.2) is 45.8 Å². The molecular formula is C18H20N4S. The molecule has 1 saturated carbocycles. The van der Waals surface area contributed by atoms with Crippen LogP contribution in [0.4, 0.5) is 0 Å². The second kappa shape index (κ2) is 7.47. The fraction of sp³-hybridized carbons (Fsp3) is 0.389. The number of amidine groups is 1. The van der Waals surface area contributed by atoms with Gasteiger partial charge in [0, 0.05) is 10.8 Å². The third kappa shape index (κ3) is 4.46. The van der Waals surface area contributed by atoms with Gasteiger partial charge in [0.25, 0.3) is 0 Å². The molecule has 0 aromatic heterocycles. The fourth-order valence-electron chi connectivity index (χ4n) is 2.60. The van der Waals surface area contributed by atoms with Gasteiger partial charge in [0.05, 0.1) is 12.0 Å². The minimum atomic E-state index is 0.0584. The Morgan fingerprint density at radius 2 is 1.96 bits per heavy atom. The van der Waals surface area contributed by atoms with Crippen molar-refractivity contribution < 1.29 is 0 Å². The van der Waals surface area contributed by atoms with Gasteiger partial charge in [0.2, 0.25) is 0 Å². The van der Waals surface area contributed by atoms with Crippen molar-refractivity contribution in [2.24, 2.45) is 21.0 Å². The van der Waals surface area contributed by atoms with Crippen LogP contribution < -0.4 is 5.73 Å². The first-order valence-electron chi connectivity index (χ1n) is 7.95. The van der Waals surface area contributed by atoms with Crippen molar-refractivity contribution in [2.75, 3.05) is 0 Å². The van der Waals surface area contributed by atoms with E-state index >= 15 is 0 Å². The maximum absolute atomic E-state index is 8.84. The fourth-order valence-corrected chi connectivity index (χ4v) is 3.26. The highest BCUT2D eigenvalue weighted by atomic mass is 32.2. The highest BCUT2D eigenvalue weighted by molar-refractivity contribution is 7.98. The van der Waals surface area contributed by atoms with E-state index < -0.39 is 0 Å². The zero-order valence-corrected chi connectivity index (χ0v) is 13.7. The molecule has 5 heteroatoms. The van der Waals surface area contributed by atoms with Gasteiger partial charge in [-0.15, -0.1) is 0 Å². The van der Waals surface area contributed by atoms with Gasteiger partial charge in [0.1, 0.15) is 12.2 Å². The van der Waals surface area contributed by atoms with E-state index in [9.17, 15) is 0 Å². The van der Waals surface area contributed by atoms with E-state index in [0.29, 0.717) is 11.1 Å². The summed E-state index contributed by atoms with van der Waals surface area (Å²) in [5.41, 5.74) is 8.32. The van der Waals surface area contributed by atoms with E-state index in [2.05, 4.69) is 33.7 Å². The number of hydrogen-bond donors (Lipinski definition) is 1. The van der Waals surface area contributed by atoms with E-state index in [-0.39, 0.29) is 5.92 Å². The third-order valence-electron chi connectivity index (χ3n) is 4.18. The lowest BCUT2D eigenvalue weighted by Gasteiger charge is -2.15. The topological polar surface area (TPSA) is 74.5 Å². The molecule has 2 N–H and O–H groups in total. The van der Waals surface area contributed by atoms with Crippen LogP contribution in [0, 0.1) is 17.2 Å². The summed E-state index contributed by atoms with van der Waals surface area (Å²) in [4.78, 5) is 4.21. The van der Waals surface area contributed by atoms with Gasteiger partial charge < -0.3 is 5.73 Å². The predicted molar refractivity (Wildman–Crippen MR) is 96.5 cm³/mol. The van der Waals surface area contributed by atoms with Crippen molar-refractivity contribution in [3.8, 4) is 6.07 Å². The Bertz CT molecular complexity index is 665. The Balaban J connectivity index is 1.51. The van der Waals surface area contributed by atoms with Crippen molar-refractivity contribution in [2.45, 2.75) is 36.9 Å². The van der Waals surface area contributed by atoms with E-state index in [0.717, 1.165) is 24.3 Å². The molecule has 2 unspecified atom stereocenters. The van der Waals surface area contributed by atoms with Crippen molar-refractivity contribution in [3.63, 3.8) is 0 Å². The third-order valence-corrected chi connectivity index (χ3v) is 5.06. The first kappa shape index (κ1) is 15.8. The van der Waals surface area contributed by atoms with E-state index in [1.807, 2.05) is 18.2 Å². The molecule has 118 valence electrons. The normalized spacial score (nSPS) is 24.7. The highest BCUT2D eigenvalue weighted by Crippen LogP contribution is 2.39. The Morgan fingerprint density at radius 1 is 1.17 bits per heavy atom. The molecule has 0 aliphatic heterocycles. The minimum absolute atomic E-state index is 0.0584. The number of nitrogens with zero attached hydrogens (tertiary/aromatic N) is 3. The Kier molecular flexibility index (Phi) is 5.14. The summed E-state index contributed by atoms with van der Waals surface area (Å²) in [5, 5.41) is 9.17. The highest BCUT2D eigenvalue weighted by Gasteiger charge is 2.23. The van der Waals surface area contributed by atoms with Gasteiger partial charge in [-0.05, 0) is 49.1 Å². The van der Waals surface area contributed by atoms with Crippen molar-refractivity contribution >= 4 is 24.1 Å². The second-order valence-corrected chi connectivity index (χ2v) is 7.00. The Hall–Kier alpha value is -2.06. The van der Waals surface area contributed by atoms with Gasteiger partial charge in [0.15, 0.2) is 0 Å². The molecule has 2 atom stereocenters. The smallest absolute Gasteiger partial charge is 0.132 e. The lowest BCUT2D eigenvalue weighted by Crippen LogP contribution is -2.13. The molecule has 0 spiro atoms. The quantitative estimate of drug-likeness (QED) is 0.387. The molecule has 3 rings (SSSR count). The van der Waals surface area contributed by atoms with E-state index in [4.69, 9.17) is 11.0 Å². The molecule has 0 amide bonds. The lowest BCUT2D eigenvalue weighted by atomic mass is 9.97. The van der Waals surface area contributed by atoms with Crippen LogP contribution in [0.25, 0.3) is 0 Å². The summed E-state index contributed by atoms with van der Waals surface area (Å²) in [7, 11) is 0. The summed E-state index contributed by atoms with van der Waals surface area (Å²) in [6.07, 6.45) is 10.0. The average Bonchev–Trinajstić information content (AvgIpc) is 3.44. The van der Waals surface area contributed by atoms with Crippen LogP contribution in [0.3, 0.4) is 0 Å². The molecule has 1 fully saturated rings. The van der Waals surface area contributed by atoms with Crippen LogP contribution in [-0.2, 0) is 0 Å². The molecule has 2 aliphatic carbocycles. The number of nitriles is 1. The predicted octanol–water partition coefficient (Wildman–Crippen LogP) is 3.80. The molecule has 0 radical (unpaired) electrons. The van der Waals surface area contributed by atoms with Crippen LogP contribution in [-0.4, -0.2) is 17.4 Å². The molecule has 0 saturated heterocycles. The SMILES string of the molecule is N#CC1C=CC(SN=CN=C(N)c2ccc(C3CC3)cc2)CC1. The monoisotopic (exact) mass is 324 g/mol. The summed E-state index contributed by atoms with van der Waals surface area (Å²) < 4.78 is 4.26. The second-order valence-electron chi connectivity index (χ2n) is 5.97. The summed E-state index contributed by atoms with van der Waals surface area (Å²) in [6.45, 7) is 0. The zero-order valence-electron chi connectivity index (χ0n) is 12.9. The van der Waals surface area contributed by atoms with Crippen molar-refractivity contribution in [3.05, 3.63) is 47.5 Å². The molecule has 1 aromatic rings. The summed E-state index contributed by atoms with van der Waals surface area (Å²) >= 11 is 1.47. The summed E-state index contributed by atoms with van der Waals surface area (Å²) in [6, 6.07) is 10.6. The number of rotatable bonds is 5. The van der Waals surface area contributed by atoms with Gasteiger partial charge in [-0.25, -0.2) is 9.39 Å². The average molecular weight is 324 g/mol. The number of allylic oxidation sites excluding steroid dienone is 1. The minimum Gasteiger partial charge on any atom is -0.383 e. The first-order chi connectivity index (χ1) is 11.3. The standard InChI is InChI=1S/C18H20N4S/c19-11-13-1-9-17(10-2-13)23-22-12-21-18(20)16-7-5-15(6-8-16)14-3-4-14/h1,5-9,12-14,17H,2-4,10H2,(H2,20,21,22). The van der Waals surface area contributed by atoms with E-state index in [1.165, 1.54) is 36.7 Å². The molecule has 0 bridgehead atoms. The number of aliphatic imine (C=N–C) groups is 1. The van der Waals surface area contributed by atoms with Gasteiger partial charge >= 0.3 is 0 Å². The van der Waals surface area contributed by atoms with Gasteiger partial charge in [-0.3, -0.25) is 0 Å². The zero-order chi connectivity index (χ0) is 16.1. The van der Waals surface area contributed by atoms with Crippen molar-refractivity contribution in [1.82, 2.24) is 0 Å². The maximum Gasteiger partial charge on any atom is 0.132 e. The molecule has 0 heterocycles. The molecule has 23 heavy (non-hydrogen) atoms. The van der Waals surface area contributed by atoms with Crippen molar-refractivity contribution in [1.29, 1.82) is 5.26 Å². The van der Waals surface area contributed by atoms with Crippen LogP contribution in [0.5, 0.6) is 0 Å². The first-order valence-corrected chi connectivity index (χ1v) is 8.79. The van der Waals surface area contributed by atoms with Crippen LogP contribution in [0.2, 0.25) is 0 Å². The Labute approximate surface area is 141 Å². The molecule has 4 nitrogen and oxygen atoms in total. The molecular weight excluding hydrogens is 304 g/mol. The van der Waals surface area contributed by atoms with Crippen LogP contribution >= 0.6 is 11.9 Å². The summed E-state index contributed by atoms with van der Waals surface area (Å²) in [5.74, 6) is 1.30.